The highest BCUT2D eigenvalue weighted by Crippen LogP contribution is 2.31. The molecule has 0 spiro atoms. The highest BCUT2D eigenvalue weighted by molar-refractivity contribution is 7.15. The van der Waals surface area contributed by atoms with Gasteiger partial charge >= 0.3 is 0 Å². The summed E-state index contributed by atoms with van der Waals surface area (Å²) in [5.41, 5.74) is 1.68. The van der Waals surface area contributed by atoms with Gasteiger partial charge in [-0.25, -0.2) is 14.4 Å². The zero-order chi connectivity index (χ0) is 18.1. The lowest BCUT2D eigenvalue weighted by atomic mass is 10.1. The van der Waals surface area contributed by atoms with Gasteiger partial charge in [-0.05, 0) is 30.3 Å². The Morgan fingerprint density at radius 1 is 1.23 bits per heavy atom. The van der Waals surface area contributed by atoms with Crippen LogP contribution in [0.2, 0.25) is 0 Å². The van der Waals surface area contributed by atoms with E-state index < -0.39 is 0 Å². The van der Waals surface area contributed by atoms with Gasteiger partial charge in [-0.2, -0.15) is 0 Å². The number of halogens is 1. The van der Waals surface area contributed by atoms with Crippen molar-refractivity contribution < 1.29 is 13.9 Å². The molecule has 6 nitrogen and oxygen atoms in total. The van der Waals surface area contributed by atoms with Gasteiger partial charge in [0.05, 0.1) is 12.7 Å². The van der Waals surface area contributed by atoms with E-state index in [9.17, 15) is 9.18 Å². The summed E-state index contributed by atoms with van der Waals surface area (Å²) in [5.74, 6) is 0.299. The van der Waals surface area contributed by atoms with E-state index in [4.69, 9.17) is 4.74 Å². The first kappa shape index (κ1) is 16.2. The number of hydrogen-bond donors (Lipinski definition) is 1. The number of carbonyl (C=O) groups excluding carboxylic acids is 1. The fourth-order valence-electron chi connectivity index (χ4n) is 2.53. The molecule has 1 amide bonds. The van der Waals surface area contributed by atoms with Crippen molar-refractivity contribution in [2.45, 2.75) is 0 Å². The highest BCUT2D eigenvalue weighted by atomic mass is 32.1. The number of imidazole rings is 1. The predicted molar refractivity (Wildman–Crippen MR) is 97.2 cm³/mol. The van der Waals surface area contributed by atoms with E-state index in [1.165, 1.54) is 36.8 Å². The molecule has 130 valence electrons. The number of rotatable bonds is 4. The van der Waals surface area contributed by atoms with Gasteiger partial charge in [0.25, 0.3) is 5.91 Å². The molecule has 0 radical (unpaired) electrons. The molecule has 26 heavy (non-hydrogen) atoms. The second-order valence-corrected chi connectivity index (χ2v) is 6.29. The Balaban J connectivity index is 1.72. The summed E-state index contributed by atoms with van der Waals surface area (Å²) in [6.07, 6.45) is 3.26. The summed E-state index contributed by atoms with van der Waals surface area (Å²) in [7, 11) is 1.51. The van der Waals surface area contributed by atoms with Gasteiger partial charge in [-0.1, -0.05) is 0 Å². The third kappa shape index (κ3) is 2.91. The summed E-state index contributed by atoms with van der Waals surface area (Å²) < 4.78 is 20.0. The molecule has 8 heteroatoms. The van der Waals surface area contributed by atoms with Gasteiger partial charge in [-0.3, -0.25) is 9.20 Å². The standard InChI is InChI=1S/C18H13FN4O2S/c1-25-14-7-4-12(10-20-14)17(24)22-16-15(11-2-5-13(19)6-3-11)21-18-23(16)8-9-26-18/h2-10H,1H3,(H,22,24). The maximum absolute atomic E-state index is 13.2. The Hall–Kier alpha value is -3.26. The molecular formula is C18H13FN4O2S. The van der Waals surface area contributed by atoms with Gasteiger partial charge in [0.15, 0.2) is 4.96 Å². The van der Waals surface area contributed by atoms with Crippen molar-refractivity contribution in [2.75, 3.05) is 12.4 Å². The number of carbonyl (C=O) groups is 1. The lowest BCUT2D eigenvalue weighted by molar-refractivity contribution is 0.102. The molecule has 4 aromatic rings. The van der Waals surface area contributed by atoms with Crippen LogP contribution < -0.4 is 10.1 Å². The van der Waals surface area contributed by atoms with Crippen LogP contribution in [0.4, 0.5) is 10.2 Å². The minimum Gasteiger partial charge on any atom is -0.481 e. The van der Waals surface area contributed by atoms with E-state index in [2.05, 4.69) is 15.3 Å². The zero-order valence-corrected chi connectivity index (χ0v) is 14.5. The Morgan fingerprint density at radius 2 is 2.04 bits per heavy atom. The van der Waals surface area contributed by atoms with Gasteiger partial charge in [0.1, 0.15) is 17.3 Å². The van der Waals surface area contributed by atoms with Gasteiger partial charge in [0.2, 0.25) is 5.88 Å². The SMILES string of the molecule is COc1ccc(C(=O)Nc2c(-c3ccc(F)cc3)nc3sccn23)cn1. The monoisotopic (exact) mass is 368 g/mol. The number of thiazole rings is 1. The smallest absolute Gasteiger partial charge is 0.258 e. The molecule has 1 aromatic carbocycles. The van der Waals surface area contributed by atoms with Crippen molar-refractivity contribution in [3.8, 4) is 17.1 Å². The van der Waals surface area contributed by atoms with E-state index in [0.717, 1.165) is 4.96 Å². The topological polar surface area (TPSA) is 68.5 Å². The Morgan fingerprint density at radius 3 is 2.73 bits per heavy atom. The number of methoxy groups -OCH3 is 1. The summed E-state index contributed by atoms with van der Waals surface area (Å²) >= 11 is 1.45. The lowest BCUT2D eigenvalue weighted by Crippen LogP contribution is -2.14. The molecule has 0 bridgehead atoms. The number of benzene rings is 1. The first-order valence-corrected chi connectivity index (χ1v) is 8.56. The molecule has 0 aliphatic heterocycles. The Labute approximate surface area is 151 Å². The third-order valence-corrected chi connectivity index (χ3v) is 4.58. The zero-order valence-electron chi connectivity index (χ0n) is 13.6. The molecule has 1 N–H and O–H groups in total. The summed E-state index contributed by atoms with van der Waals surface area (Å²) in [6.45, 7) is 0. The fourth-order valence-corrected chi connectivity index (χ4v) is 3.24. The molecule has 0 unspecified atom stereocenters. The van der Waals surface area contributed by atoms with Crippen LogP contribution >= 0.6 is 11.3 Å². The molecule has 0 saturated carbocycles. The van der Waals surface area contributed by atoms with Gasteiger partial charge < -0.3 is 10.1 Å². The van der Waals surface area contributed by atoms with Crippen LogP contribution in [0.25, 0.3) is 16.2 Å². The van der Waals surface area contributed by atoms with E-state index in [1.54, 1.807) is 28.7 Å². The van der Waals surface area contributed by atoms with Crippen LogP contribution in [0, 0.1) is 5.82 Å². The molecule has 3 heterocycles. The average Bonchev–Trinajstić information content (AvgIpc) is 3.25. The average molecular weight is 368 g/mol. The number of amides is 1. The lowest BCUT2D eigenvalue weighted by Gasteiger charge is -2.07. The Kier molecular flexibility index (Phi) is 4.10. The largest absolute Gasteiger partial charge is 0.481 e. The maximum atomic E-state index is 13.2. The first-order chi connectivity index (χ1) is 12.7. The van der Waals surface area contributed by atoms with Crippen molar-refractivity contribution in [1.82, 2.24) is 14.4 Å². The summed E-state index contributed by atoms with van der Waals surface area (Å²) in [4.78, 5) is 22.0. The molecular weight excluding hydrogens is 355 g/mol. The van der Waals surface area contributed by atoms with Crippen LogP contribution in [-0.4, -0.2) is 27.4 Å². The highest BCUT2D eigenvalue weighted by Gasteiger charge is 2.18. The number of fused-ring (bicyclic) bond motifs is 1. The van der Waals surface area contributed by atoms with E-state index in [1.807, 2.05) is 11.6 Å². The number of nitrogens with zero attached hydrogens (tertiary/aromatic N) is 3. The van der Waals surface area contributed by atoms with E-state index in [-0.39, 0.29) is 11.7 Å². The van der Waals surface area contributed by atoms with E-state index >= 15 is 0 Å². The van der Waals surface area contributed by atoms with Crippen LogP contribution in [0.3, 0.4) is 0 Å². The predicted octanol–water partition coefficient (Wildman–Crippen LogP) is 3.86. The molecule has 4 rings (SSSR count). The van der Waals surface area contributed by atoms with Crippen molar-refractivity contribution >= 4 is 28.0 Å². The molecule has 0 aliphatic rings. The second kappa shape index (κ2) is 6.57. The fraction of sp³-hybridized carbons (Fsp3) is 0.0556. The molecule has 0 fully saturated rings. The van der Waals surface area contributed by atoms with E-state index in [0.29, 0.717) is 28.5 Å². The maximum Gasteiger partial charge on any atom is 0.258 e. The summed E-state index contributed by atoms with van der Waals surface area (Å²) in [5, 5.41) is 4.76. The van der Waals surface area contributed by atoms with Crippen LogP contribution in [0.15, 0.2) is 54.2 Å². The third-order valence-electron chi connectivity index (χ3n) is 3.82. The molecule has 0 saturated heterocycles. The number of hydrogen-bond acceptors (Lipinski definition) is 5. The summed E-state index contributed by atoms with van der Waals surface area (Å²) in [6, 6.07) is 9.24. The first-order valence-electron chi connectivity index (χ1n) is 7.68. The number of nitrogens with one attached hydrogen (secondary N) is 1. The number of anilines is 1. The quantitative estimate of drug-likeness (QED) is 0.594. The van der Waals surface area contributed by atoms with Crippen molar-refractivity contribution in [3.05, 3.63) is 65.6 Å². The van der Waals surface area contributed by atoms with Gasteiger partial charge in [0, 0.05) is 29.4 Å². The number of pyridine rings is 1. The van der Waals surface area contributed by atoms with Crippen LogP contribution in [-0.2, 0) is 0 Å². The second-order valence-electron chi connectivity index (χ2n) is 5.41. The molecule has 0 atom stereocenters. The van der Waals surface area contributed by atoms with Crippen LogP contribution in [0.5, 0.6) is 5.88 Å². The van der Waals surface area contributed by atoms with Crippen molar-refractivity contribution in [2.24, 2.45) is 0 Å². The normalized spacial score (nSPS) is 10.8. The Bertz CT molecular complexity index is 1070. The van der Waals surface area contributed by atoms with Gasteiger partial charge in [-0.15, -0.1) is 11.3 Å². The minimum atomic E-state index is -0.329. The number of aromatic nitrogens is 3. The molecule has 3 aromatic heterocycles. The number of ether oxygens (including phenoxy) is 1. The van der Waals surface area contributed by atoms with Crippen molar-refractivity contribution in [3.63, 3.8) is 0 Å². The minimum absolute atomic E-state index is 0.323. The van der Waals surface area contributed by atoms with Crippen molar-refractivity contribution in [1.29, 1.82) is 0 Å². The molecule has 0 aliphatic carbocycles. The van der Waals surface area contributed by atoms with Crippen LogP contribution in [0.1, 0.15) is 10.4 Å².